The van der Waals surface area contributed by atoms with Crippen LogP contribution in [0.5, 0.6) is 0 Å². The van der Waals surface area contributed by atoms with Crippen LogP contribution in [0.25, 0.3) is 0 Å². The van der Waals surface area contributed by atoms with Crippen LogP contribution in [0.2, 0.25) is 0 Å². The molecule has 1 unspecified atom stereocenters. The van der Waals surface area contributed by atoms with Crippen molar-refractivity contribution in [1.82, 2.24) is 10.2 Å². The second-order valence-corrected chi connectivity index (χ2v) is 6.37. The van der Waals surface area contributed by atoms with Crippen LogP contribution in [0.1, 0.15) is 42.0 Å². The van der Waals surface area contributed by atoms with E-state index in [0.717, 1.165) is 19.3 Å². The van der Waals surface area contributed by atoms with Gasteiger partial charge in [-0.25, -0.2) is 4.79 Å². The van der Waals surface area contributed by atoms with Crippen LogP contribution in [0.4, 0.5) is 4.79 Å². The number of likely N-dealkylation sites (tertiary alicyclic amines) is 1. The molecule has 1 saturated heterocycles. The number of carboxylic acid groups (broad SMARTS) is 1. The number of hydrogen-bond donors (Lipinski definition) is 2. The maximum Gasteiger partial charge on any atom is 0.317 e. The quantitative estimate of drug-likeness (QED) is 0.882. The molecule has 2 N–H and O–H groups in total. The zero-order valence-electron chi connectivity index (χ0n) is 12.8. The number of nitrogens with one attached hydrogen (secondary N) is 1. The Labute approximate surface area is 130 Å². The van der Waals surface area contributed by atoms with Crippen molar-refractivity contribution in [2.45, 2.75) is 38.6 Å². The molecule has 5 nitrogen and oxygen atoms in total. The van der Waals surface area contributed by atoms with Gasteiger partial charge in [0.2, 0.25) is 0 Å². The van der Waals surface area contributed by atoms with E-state index in [-0.39, 0.29) is 12.1 Å². The van der Waals surface area contributed by atoms with Gasteiger partial charge >= 0.3 is 12.0 Å². The average Bonchev–Trinajstić information content (AvgIpc) is 2.98. The maximum atomic E-state index is 12.4. The van der Waals surface area contributed by atoms with Gasteiger partial charge < -0.3 is 15.3 Å². The number of benzene rings is 1. The molecule has 1 aliphatic heterocycles. The van der Waals surface area contributed by atoms with Crippen LogP contribution in [0.3, 0.4) is 0 Å². The smallest absolute Gasteiger partial charge is 0.317 e. The number of fused-ring (bicyclic) bond motifs is 1. The van der Waals surface area contributed by atoms with Gasteiger partial charge in [-0.1, -0.05) is 23.8 Å². The third-order valence-electron chi connectivity index (χ3n) is 4.74. The molecule has 2 amide bonds. The first-order valence-corrected chi connectivity index (χ1v) is 7.92. The van der Waals surface area contributed by atoms with E-state index in [1.165, 1.54) is 16.7 Å². The first kappa shape index (κ1) is 14.9. The summed E-state index contributed by atoms with van der Waals surface area (Å²) in [7, 11) is 0. The van der Waals surface area contributed by atoms with E-state index in [1.54, 1.807) is 4.90 Å². The summed E-state index contributed by atoms with van der Waals surface area (Å²) in [5, 5.41) is 12.1. The lowest BCUT2D eigenvalue weighted by Crippen LogP contribution is -2.41. The second kappa shape index (κ2) is 5.99. The number of aliphatic carboxylic acids is 1. The van der Waals surface area contributed by atoms with Gasteiger partial charge in [0.1, 0.15) is 0 Å². The first-order valence-electron chi connectivity index (χ1n) is 7.92. The Balaban J connectivity index is 1.68. The number of urea groups is 1. The fourth-order valence-corrected chi connectivity index (χ4v) is 3.46. The predicted molar refractivity (Wildman–Crippen MR) is 82.7 cm³/mol. The van der Waals surface area contributed by atoms with Crippen molar-refractivity contribution >= 4 is 12.0 Å². The van der Waals surface area contributed by atoms with Crippen molar-refractivity contribution in [2.75, 3.05) is 13.1 Å². The minimum absolute atomic E-state index is 0.0417. The molecule has 118 valence electrons. The highest BCUT2D eigenvalue weighted by Gasteiger charge is 2.32. The molecule has 1 aromatic carbocycles. The van der Waals surface area contributed by atoms with Crippen molar-refractivity contribution in [3.05, 3.63) is 34.9 Å². The lowest BCUT2D eigenvalue weighted by atomic mass is 9.87. The number of nitrogens with zero attached hydrogens (tertiary/aromatic N) is 1. The molecule has 0 saturated carbocycles. The van der Waals surface area contributed by atoms with Crippen LogP contribution < -0.4 is 5.32 Å². The lowest BCUT2D eigenvalue weighted by Gasteiger charge is -2.29. The van der Waals surface area contributed by atoms with Crippen molar-refractivity contribution in [3.63, 3.8) is 0 Å². The van der Waals surface area contributed by atoms with E-state index in [4.69, 9.17) is 5.11 Å². The normalized spacial score (nSPS) is 24.0. The number of aryl methyl sites for hydroxylation is 2. The fourth-order valence-electron chi connectivity index (χ4n) is 3.46. The van der Waals surface area contributed by atoms with E-state index in [9.17, 15) is 9.59 Å². The van der Waals surface area contributed by atoms with Crippen LogP contribution >= 0.6 is 0 Å². The van der Waals surface area contributed by atoms with Gasteiger partial charge in [-0.2, -0.15) is 0 Å². The van der Waals surface area contributed by atoms with Gasteiger partial charge in [0.25, 0.3) is 0 Å². The molecule has 2 aliphatic rings. The Morgan fingerprint density at radius 3 is 2.86 bits per heavy atom. The highest BCUT2D eigenvalue weighted by atomic mass is 16.4. The number of hydrogen-bond acceptors (Lipinski definition) is 2. The molecular weight excluding hydrogens is 280 g/mol. The number of carbonyl (C=O) groups is 2. The lowest BCUT2D eigenvalue weighted by molar-refractivity contribution is -0.141. The molecule has 1 aliphatic carbocycles. The van der Waals surface area contributed by atoms with Crippen molar-refractivity contribution in [2.24, 2.45) is 5.92 Å². The van der Waals surface area contributed by atoms with E-state index in [1.807, 2.05) is 0 Å². The van der Waals surface area contributed by atoms with Gasteiger partial charge in [-0.05, 0) is 43.7 Å². The summed E-state index contributed by atoms with van der Waals surface area (Å²) >= 11 is 0. The Morgan fingerprint density at radius 2 is 2.14 bits per heavy atom. The highest BCUT2D eigenvalue weighted by molar-refractivity contribution is 5.77. The number of rotatable bonds is 2. The summed E-state index contributed by atoms with van der Waals surface area (Å²) in [4.78, 5) is 25.0. The minimum atomic E-state index is -0.811. The van der Waals surface area contributed by atoms with E-state index in [0.29, 0.717) is 19.5 Å². The Kier molecular flexibility index (Phi) is 4.05. The monoisotopic (exact) mass is 302 g/mol. The number of amides is 2. The molecule has 0 radical (unpaired) electrons. The van der Waals surface area contributed by atoms with Gasteiger partial charge in [-0.15, -0.1) is 0 Å². The SMILES string of the molecule is Cc1ccc2c(c1)[C@@H](NC(=O)N1CCC(C(=O)O)C1)CCC2. The van der Waals surface area contributed by atoms with Crippen LogP contribution in [-0.2, 0) is 11.2 Å². The summed E-state index contributed by atoms with van der Waals surface area (Å²) in [5.41, 5.74) is 3.73. The molecule has 22 heavy (non-hydrogen) atoms. The molecule has 0 bridgehead atoms. The van der Waals surface area contributed by atoms with E-state index >= 15 is 0 Å². The molecule has 1 fully saturated rings. The van der Waals surface area contributed by atoms with Gasteiger partial charge in [0.05, 0.1) is 12.0 Å². The zero-order valence-corrected chi connectivity index (χ0v) is 12.8. The number of carbonyl (C=O) groups excluding carboxylic acids is 1. The number of carboxylic acids is 1. The highest BCUT2D eigenvalue weighted by Crippen LogP contribution is 2.31. The molecule has 5 heteroatoms. The summed E-state index contributed by atoms with van der Waals surface area (Å²) < 4.78 is 0. The van der Waals surface area contributed by atoms with Crippen molar-refractivity contribution in [3.8, 4) is 0 Å². The predicted octanol–water partition coefficient (Wildman–Crippen LogP) is 2.49. The molecule has 0 spiro atoms. The molecule has 0 aromatic heterocycles. The summed E-state index contributed by atoms with van der Waals surface area (Å²) in [6.45, 7) is 2.90. The molecular formula is C17H22N2O3. The Morgan fingerprint density at radius 1 is 1.32 bits per heavy atom. The minimum Gasteiger partial charge on any atom is -0.481 e. The van der Waals surface area contributed by atoms with Gasteiger partial charge in [0.15, 0.2) is 0 Å². The average molecular weight is 302 g/mol. The van der Waals surface area contributed by atoms with E-state index in [2.05, 4.69) is 30.4 Å². The topological polar surface area (TPSA) is 69.6 Å². The molecule has 2 atom stereocenters. The fraction of sp³-hybridized carbons (Fsp3) is 0.529. The Bertz CT molecular complexity index is 600. The van der Waals surface area contributed by atoms with Gasteiger partial charge in [-0.3, -0.25) is 4.79 Å². The van der Waals surface area contributed by atoms with Crippen LogP contribution in [0.15, 0.2) is 18.2 Å². The van der Waals surface area contributed by atoms with Crippen molar-refractivity contribution < 1.29 is 14.7 Å². The zero-order chi connectivity index (χ0) is 15.7. The van der Waals surface area contributed by atoms with Crippen LogP contribution in [-0.4, -0.2) is 35.1 Å². The third-order valence-corrected chi connectivity index (χ3v) is 4.74. The summed E-state index contributed by atoms with van der Waals surface area (Å²) in [6, 6.07) is 6.33. The second-order valence-electron chi connectivity index (χ2n) is 6.37. The summed E-state index contributed by atoms with van der Waals surface area (Å²) in [5.74, 6) is -1.24. The first-order chi connectivity index (χ1) is 10.5. The molecule has 1 aromatic rings. The van der Waals surface area contributed by atoms with Crippen LogP contribution in [0, 0.1) is 12.8 Å². The summed E-state index contributed by atoms with van der Waals surface area (Å²) in [6.07, 6.45) is 3.62. The standard InChI is InChI=1S/C17H22N2O3/c1-11-5-6-12-3-2-4-15(14(12)9-11)18-17(22)19-8-7-13(10-19)16(20)21/h5-6,9,13,15H,2-4,7-8,10H2,1H3,(H,18,22)(H,20,21)/t13?,15-/m0/s1. The third kappa shape index (κ3) is 2.93. The Hall–Kier alpha value is -2.04. The van der Waals surface area contributed by atoms with Crippen molar-refractivity contribution in [1.29, 1.82) is 0 Å². The molecule has 1 heterocycles. The maximum absolute atomic E-state index is 12.4. The largest absolute Gasteiger partial charge is 0.481 e. The van der Waals surface area contributed by atoms with E-state index < -0.39 is 11.9 Å². The van der Waals surface area contributed by atoms with Gasteiger partial charge in [0, 0.05) is 13.1 Å². The molecule has 3 rings (SSSR count).